The zero-order valence-electron chi connectivity index (χ0n) is 13.0. The summed E-state index contributed by atoms with van der Waals surface area (Å²) in [6, 6.07) is 15.7. The fourth-order valence-corrected chi connectivity index (χ4v) is 2.90. The Labute approximate surface area is 135 Å². The van der Waals surface area contributed by atoms with Gasteiger partial charge in [0, 0.05) is 13.1 Å². The van der Waals surface area contributed by atoms with Crippen LogP contribution in [-0.2, 0) is 11.3 Å². The van der Waals surface area contributed by atoms with E-state index in [-0.39, 0.29) is 11.8 Å². The molecule has 1 saturated heterocycles. The predicted octanol–water partition coefficient (Wildman–Crippen LogP) is 3.85. The number of nitrogens with zero attached hydrogens (tertiary/aromatic N) is 1. The van der Waals surface area contributed by atoms with Gasteiger partial charge in [-0.1, -0.05) is 30.3 Å². The van der Waals surface area contributed by atoms with E-state index in [0.29, 0.717) is 11.5 Å². The summed E-state index contributed by atoms with van der Waals surface area (Å²) >= 11 is 0. The molecule has 4 heteroatoms. The lowest BCUT2D eigenvalue weighted by atomic mass is 9.91. The van der Waals surface area contributed by atoms with Crippen LogP contribution in [0, 0.1) is 11.7 Å². The summed E-state index contributed by atoms with van der Waals surface area (Å²) in [5, 5.41) is 1.75. The van der Waals surface area contributed by atoms with Gasteiger partial charge in [0.25, 0.3) is 0 Å². The van der Waals surface area contributed by atoms with Gasteiger partial charge < -0.3 is 4.84 Å². The van der Waals surface area contributed by atoms with Crippen molar-refractivity contribution >= 4 is 5.97 Å². The van der Waals surface area contributed by atoms with E-state index < -0.39 is 0 Å². The number of hydrogen-bond acceptors (Lipinski definition) is 3. The second-order valence-electron chi connectivity index (χ2n) is 5.95. The first kappa shape index (κ1) is 15.7. The van der Waals surface area contributed by atoms with Gasteiger partial charge in [-0.15, -0.1) is 5.06 Å². The first-order valence-corrected chi connectivity index (χ1v) is 7.97. The summed E-state index contributed by atoms with van der Waals surface area (Å²) in [4.78, 5) is 17.5. The van der Waals surface area contributed by atoms with Crippen LogP contribution in [0.25, 0.3) is 0 Å². The van der Waals surface area contributed by atoms with Crippen LogP contribution in [0.5, 0.6) is 0 Å². The highest BCUT2D eigenvalue weighted by Gasteiger charge is 2.22. The van der Waals surface area contributed by atoms with Crippen LogP contribution < -0.4 is 0 Å². The first-order chi connectivity index (χ1) is 11.2. The number of carbonyl (C=O) groups excluding carboxylic acids is 1. The number of benzene rings is 2. The Morgan fingerprint density at radius 3 is 2.35 bits per heavy atom. The molecule has 0 amide bonds. The van der Waals surface area contributed by atoms with E-state index in [1.54, 1.807) is 17.2 Å². The molecule has 0 bridgehead atoms. The maximum Gasteiger partial charge on any atom is 0.357 e. The van der Waals surface area contributed by atoms with Gasteiger partial charge in [-0.2, -0.15) is 0 Å². The Balaban J connectivity index is 1.47. The molecule has 0 saturated carbocycles. The lowest BCUT2D eigenvalue weighted by Crippen LogP contribution is -2.36. The third-order valence-electron chi connectivity index (χ3n) is 4.23. The molecule has 1 aliphatic heterocycles. The molecule has 0 radical (unpaired) electrons. The highest BCUT2D eigenvalue weighted by molar-refractivity contribution is 5.89. The second kappa shape index (κ2) is 7.38. The van der Waals surface area contributed by atoms with Gasteiger partial charge in [0.05, 0.1) is 5.56 Å². The number of carbonyl (C=O) groups is 1. The number of hydrogen-bond donors (Lipinski definition) is 0. The van der Waals surface area contributed by atoms with Gasteiger partial charge >= 0.3 is 5.97 Å². The lowest BCUT2D eigenvalue weighted by molar-refractivity contribution is -0.126. The highest BCUT2D eigenvalue weighted by Crippen LogP contribution is 2.22. The van der Waals surface area contributed by atoms with E-state index in [1.807, 2.05) is 30.3 Å². The van der Waals surface area contributed by atoms with Crippen LogP contribution >= 0.6 is 0 Å². The molecule has 1 heterocycles. The largest absolute Gasteiger partial charge is 0.364 e. The topological polar surface area (TPSA) is 29.5 Å². The smallest absolute Gasteiger partial charge is 0.357 e. The molecule has 0 atom stereocenters. The van der Waals surface area contributed by atoms with Crippen molar-refractivity contribution in [2.45, 2.75) is 19.3 Å². The molecular formula is C19H20FNO2. The average Bonchev–Trinajstić information content (AvgIpc) is 2.59. The number of piperidine rings is 1. The number of rotatable bonds is 4. The highest BCUT2D eigenvalue weighted by atomic mass is 19.1. The van der Waals surface area contributed by atoms with E-state index in [2.05, 4.69) is 0 Å². The van der Waals surface area contributed by atoms with Crippen molar-refractivity contribution in [2.75, 3.05) is 13.1 Å². The van der Waals surface area contributed by atoms with Crippen molar-refractivity contribution in [1.29, 1.82) is 0 Å². The zero-order chi connectivity index (χ0) is 16.1. The third kappa shape index (κ3) is 4.39. The molecule has 0 unspecified atom stereocenters. The Morgan fingerprint density at radius 2 is 1.70 bits per heavy atom. The molecule has 0 N–H and O–H groups in total. The minimum atomic E-state index is -0.303. The van der Waals surface area contributed by atoms with Crippen LogP contribution in [0.1, 0.15) is 28.8 Å². The normalized spacial score (nSPS) is 16.2. The van der Waals surface area contributed by atoms with Crippen molar-refractivity contribution in [2.24, 2.45) is 5.92 Å². The fourth-order valence-electron chi connectivity index (χ4n) is 2.90. The van der Waals surface area contributed by atoms with Crippen molar-refractivity contribution < 1.29 is 14.0 Å². The van der Waals surface area contributed by atoms with Crippen molar-refractivity contribution in [1.82, 2.24) is 5.06 Å². The van der Waals surface area contributed by atoms with Crippen LogP contribution in [-0.4, -0.2) is 24.1 Å². The van der Waals surface area contributed by atoms with Crippen molar-refractivity contribution in [3.63, 3.8) is 0 Å². The molecule has 0 spiro atoms. The number of halogens is 1. The van der Waals surface area contributed by atoms with E-state index >= 15 is 0 Å². The van der Waals surface area contributed by atoms with Gasteiger partial charge in [-0.05, 0) is 55.0 Å². The van der Waals surface area contributed by atoms with Gasteiger partial charge in [-0.3, -0.25) is 0 Å². The Morgan fingerprint density at radius 1 is 1.04 bits per heavy atom. The summed E-state index contributed by atoms with van der Waals surface area (Å²) in [5.74, 6) is 0.0473. The van der Waals surface area contributed by atoms with Crippen LogP contribution in [0.4, 0.5) is 4.39 Å². The molecule has 3 nitrogen and oxygen atoms in total. The van der Waals surface area contributed by atoms with Gasteiger partial charge in [0.1, 0.15) is 5.82 Å². The third-order valence-corrected chi connectivity index (χ3v) is 4.23. The average molecular weight is 313 g/mol. The van der Waals surface area contributed by atoms with Crippen molar-refractivity contribution in [3.8, 4) is 0 Å². The second-order valence-corrected chi connectivity index (χ2v) is 5.95. The molecule has 120 valence electrons. The van der Waals surface area contributed by atoms with E-state index in [0.717, 1.165) is 37.9 Å². The van der Waals surface area contributed by atoms with Crippen LogP contribution in [0.15, 0.2) is 54.6 Å². The Kier molecular flexibility index (Phi) is 5.03. The molecule has 0 aromatic heterocycles. The van der Waals surface area contributed by atoms with Gasteiger partial charge in [0.2, 0.25) is 0 Å². The molecule has 23 heavy (non-hydrogen) atoms. The van der Waals surface area contributed by atoms with Gasteiger partial charge in [-0.25, -0.2) is 9.18 Å². The molecule has 3 rings (SSSR count). The predicted molar refractivity (Wildman–Crippen MR) is 86.3 cm³/mol. The Bertz CT molecular complexity index is 634. The molecule has 0 aliphatic carbocycles. The summed E-state index contributed by atoms with van der Waals surface area (Å²) in [6.45, 7) is 1.48. The summed E-state index contributed by atoms with van der Waals surface area (Å²) in [6.07, 6.45) is 2.89. The maximum absolute atomic E-state index is 12.9. The number of hydroxylamine groups is 2. The standard InChI is InChI=1S/C19H20FNO2/c20-18-8-6-15(7-9-18)14-16-10-12-21(13-11-16)23-19(22)17-4-2-1-3-5-17/h1-9,16H,10-14H2. The maximum atomic E-state index is 12.9. The molecular weight excluding hydrogens is 293 g/mol. The summed E-state index contributed by atoms with van der Waals surface area (Å²) in [7, 11) is 0. The van der Waals surface area contributed by atoms with E-state index in [4.69, 9.17) is 4.84 Å². The minimum Gasteiger partial charge on any atom is -0.364 e. The van der Waals surface area contributed by atoms with Crippen molar-refractivity contribution in [3.05, 3.63) is 71.5 Å². The van der Waals surface area contributed by atoms with Crippen LogP contribution in [0.3, 0.4) is 0 Å². The fraction of sp³-hybridized carbons (Fsp3) is 0.316. The lowest BCUT2D eigenvalue weighted by Gasteiger charge is -2.30. The van der Waals surface area contributed by atoms with E-state index in [1.165, 1.54) is 12.1 Å². The Hall–Kier alpha value is -2.20. The SMILES string of the molecule is O=C(ON1CCC(Cc2ccc(F)cc2)CC1)c1ccccc1. The monoisotopic (exact) mass is 313 g/mol. The summed E-state index contributed by atoms with van der Waals surface area (Å²) < 4.78 is 12.9. The summed E-state index contributed by atoms with van der Waals surface area (Å²) in [5.41, 5.74) is 1.73. The van der Waals surface area contributed by atoms with E-state index in [9.17, 15) is 9.18 Å². The van der Waals surface area contributed by atoms with Gasteiger partial charge in [0.15, 0.2) is 0 Å². The quantitative estimate of drug-likeness (QED) is 0.858. The first-order valence-electron chi connectivity index (χ1n) is 7.97. The molecule has 1 aliphatic rings. The minimum absolute atomic E-state index is 0.198. The molecule has 2 aromatic rings. The van der Waals surface area contributed by atoms with Crippen LogP contribution in [0.2, 0.25) is 0 Å². The zero-order valence-corrected chi connectivity index (χ0v) is 13.0. The molecule has 1 fully saturated rings. The molecule has 2 aromatic carbocycles.